The van der Waals surface area contributed by atoms with E-state index >= 15 is 0 Å². The molecule has 0 aliphatic carbocycles. The standard InChI is InChI=1S/C15H19BrO4/c16-14-2-1-12(7-11(14)9-17)20-13-3-5-19-15(8-13)4-6-18-10-15/h1-2,7,13,17H,3-6,8-10H2. The Morgan fingerprint density at radius 1 is 1.40 bits per heavy atom. The van der Waals surface area contributed by atoms with Crippen molar-refractivity contribution in [3.8, 4) is 5.75 Å². The van der Waals surface area contributed by atoms with Crippen LogP contribution in [0.5, 0.6) is 5.75 Å². The van der Waals surface area contributed by atoms with E-state index in [2.05, 4.69) is 15.9 Å². The number of aliphatic hydroxyl groups is 1. The van der Waals surface area contributed by atoms with Gasteiger partial charge in [-0.2, -0.15) is 0 Å². The van der Waals surface area contributed by atoms with E-state index in [0.717, 1.165) is 48.3 Å². The lowest BCUT2D eigenvalue weighted by Crippen LogP contribution is -2.44. The number of benzene rings is 1. The van der Waals surface area contributed by atoms with Crippen molar-refractivity contribution >= 4 is 15.9 Å². The first kappa shape index (κ1) is 14.3. The summed E-state index contributed by atoms with van der Waals surface area (Å²) in [5.41, 5.74) is 0.700. The summed E-state index contributed by atoms with van der Waals surface area (Å²) in [6, 6.07) is 5.72. The Morgan fingerprint density at radius 3 is 3.05 bits per heavy atom. The maximum Gasteiger partial charge on any atom is 0.120 e. The first-order valence-electron chi connectivity index (χ1n) is 6.98. The summed E-state index contributed by atoms with van der Waals surface area (Å²) < 4.78 is 18.3. The van der Waals surface area contributed by atoms with Crippen LogP contribution in [0.15, 0.2) is 22.7 Å². The van der Waals surface area contributed by atoms with Gasteiger partial charge >= 0.3 is 0 Å². The summed E-state index contributed by atoms with van der Waals surface area (Å²) in [6.45, 7) is 2.18. The quantitative estimate of drug-likeness (QED) is 0.917. The molecule has 2 fully saturated rings. The van der Waals surface area contributed by atoms with Crippen molar-refractivity contribution in [3.05, 3.63) is 28.2 Å². The van der Waals surface area contributed by atoms with E-state index in [4.69, 9.17) is 14.2 Å². The van der Waals surface area contributed by atoms with Crippen LogP contribution in [-0.4, -0.2) is 36.6 Å². The Labute approximate surface area is 127 Å². The maximum atomic E-state index is 9.29. The largest absolute Gasteiger partial charge is 0.490 e. The van der Waals surface area contributed by atoms with E-state index in [-0.39, 0.29) is 18.3 Å². The SMILES string of the molecule is OCc1cc(OC2CCOC3(CCOC3)C2)ccc1Br. The van der Waals surface area contributed by atoms with Gasteiger partial charge in [0, 0.05) is 30.3 Å². The minimum atomic E-state index is -0.141. The molecule has 1 aromatic carbocycles. The summed E-state index contributed by atoms with van der Waals surface area (Å²) >= 11 is 3.41. The lowest BCUT2D eigenvalue weighted by molar-refractivity contribution is -0.112. The molecule has 1 aromatic rings. The van der Waals surface area contributed by atoms with Crippen molar-refractivity contribution in [3.63, 3.8) is 0 Å². The molecule has 1 N–H and O–H groups in total. The first-order valence-corrected chi connectivity index (χ1v) is 7.78. The lowest BCUT2D eigenvalue weighted by atomic mass is 9.91. The summed E-state index contributed by atoms with van der Waals surface area (Å²) in [5, 5.41) is 9.29. The van der Waals surface area contributed by atoms with Crippen LogP contribution < -0.4 is 4.74 Å². The molecule has 20 heavy (non-hydrogen) atoms. The molecule has 2 aliphatic heterocycles. The lowest BCUT2D eigenvalue weighted by Gasteiger charge is -2.37. The highest BCUT2D eigenvalue weighted by Gasteiger charge is 2.41. The van der Waals surface area contributed by atoms with E-state index in [1.807, 2.05) is 18.2 Å². The average molecular weight is 343 g/mol. The van der Waals surface area contributed by atoms with Crippen LogP contribution in [0.3, 0.4) is 0 Å². The monoisotopic (exact) mass is 342 g/mol. The molecule has 0 amide bonds. The third-order valence-electron chi connectivity index (χ3n) is 4.01. The van der Waals surface area contributed by atoms with Gasteiger partial charge in [0.15, 0.2) is 0 Å². The highest BCUT2D eigenvalue weighted by molar-refractivity contribution is 9.10. The Balaban J connectivity index is 1.68. The third-order valence-corrected chi connectivity index (χ3v) is 4.78. The van der Waals surface area contributed by atoms with Crippen LogP contribution in [0.25, 0.3) is 0 Å². The highest BCUT2D eigenvalue weighted by atomic mass is 79.9. The van der Waals surface area contributed by atoms with Crippen molar-refractivity contribution in [2.75, 3.05) is 19.8 Å². The van der Waals surface area contributed by atoms with Crippen molar-refractivity contribution in [2.24, 2.45) is 0 Å². The van der Waals surface area contributed by atoms with Gasteiger partial charge in [-0.05, 0) is 23.8 Å². The highest BCUT2D eigenvalue weighted by Crippen LogP contribution is 2.35. The second-order valence-corrected chi connectivity index (χ2v) is 6.33. The summed E-state index contributed by atoms with van der Waals surface area (Å²) in [6.07, 6.45) is 2.87. The van der Waals surface area contributed by atoms with Gasteiger partial charge in [-0.1, -0.05) is 15.9 Å². The minimum Gasteiger partial charge on any atom is -0.490 e. The molecule has 2 heterocycles. The van der Waals surface area contributed by atoms with Crippen molar-refractivity contribution in [2.45, 2.75) is 37.6 Å². The number of aliphatic hydroxyl groups excluding tert-OH is 1. The second-order valence-electron chi connectivity index (χ2n) is 5.48. The Bertz CT molecular complexity index is 471. The number of rotatable bonds is 3. The number of hydrogen-bond donors (Lipinski definition) is 1. The molecule has 0 bridgehead atoms. The molecule has 2 atom stereocenters. The summed E-state index contributed by atoms with van der Waals surface area (Å²) in [7, 11) is 0. The van der Waals surface area contributed by atoms with Gasteiger partial charge in [0.2, 0.25) is 0 Å². The van der Waals surface area contributed by atoms with Crippen LogP contribution in [0.1, 0.15) is 24.8 Å². The van der Waals surface area contributed by atoms with E-state index < -0.39 is 0 Å². The Hall–Kier alpha value is -0.620. The molecule has 5 heteroatoms. The Kier molecular flexibility index (Phi) is 4.31. The van der Waals surface area contributed by atoms with Crippen molar-refractivity contribution in [1.82, 2.24) is 0 Å². The molecule has 2 aliphatic rings. The van der Waals surface area contributed by atoms with Crippen LogP contribution in [0.2, 0.25) is 0 Å². The van der Waals surface area contributed by atoms with Gasteiger partial charge in [-0.15, -0.1) is 0 Å². The summed E-state index contributed by atoms with van der Waals surface area (Å²) in [5.74, 6) is 0.804. The van der Waals surface area contributed by atoms with Crippen LogP contribution >= 0.6 is 15.9 Å². The van der Waals surface area contributed by atoms with Crippen LogP contribution in [0, 0.1) is 0 Å². The second kappa shape index (κ2) is 6.02. The smallest absolute Gasteiger partial charge is 0.120 e. The number of hydrogen-bond acceptors (Lipinski definition) is 4. The normalized spacial score (nSPS) is 29.8. The Morgan fingerprint density at radius 2 is 2.30 bits per heavy atom. The van der Waals surface area contributed by atoms with E-state index in [1.165, 1.54) is 0 Å². The third kappa shape index (κ3) is 3.01. The summed E-state index contributed by atoms with van der Waals surface area (Å²) in [4.78, 5) is 0. The molecule has 2 unspecified atom stereocenters. The van der Waals surface area contributed by atoms with Gasteiger partial charge in [0.1, 0.15) is 11.9 Å². The molecule has 1 spiro atoms. The van der Waals surface area contributed by atoms with Gasteiger partial charge in [0.05, 0.1) is 25.4 Å². The van der Waals surface area contributed by atoms with Gasteiger partial charge < -0.3 is 19.3 Å². The van der Waals surface area contributed by atoms with E-state index in [0.29, 0.717) is 6.61 Å². The number of ether oxygens (including phenoxy) is 3. The molecular formula is C15H19BrO4. The van der Waals surface area contributed by atoms with E-state index in [1.54, 1.807) is 0 Å². The zero-order valence-corrected chi connectivity index (χ0v) is 12.9. The van der Waals surface area contributed by atoms with Gasteiger partial charge in [-0.25, -0.2) is 0 Å². The first-order chi connectivity index (χ1) is 9.71. The van der Waals surface area contributed by atoms with E-state index in [9.17, 15) is 5.11 Å². The van der Waals surface area contributed by atoms with Gasteiger partial charge in [-0.3, -0.25) is 0 Å². The fourth-order valence-corrected chi connectivity index (χ4v) is 3.26. The number of halogens is 1. The van der Waals surface area contributed by atoms with Crippen molar-refractivity contribution in [1.29, 1.82) is 0 Å². The molecule has 0 saturated carbocycles. The average Bonchev–Trinajstić information content (AvgIpc) is 2.89. The van der Waals surface area contributed by atoms with Crippen LogP contribution in [0.4, 0.5) is 0 Å². The molecule has 3 rings (SSSR count). The molecule has 2 saturated heterocycles. The van der Waals surface area contributed by atoms with Crippen LogP contribution in [-0.2, 0) is 16.1 Å². The predicted molar refractivity (Wildman–Crippen MR) is 77.8 cm³/mol. The molecule has 110 valence electrons. The fourth-order valence-electron chi connectivity index (χ4n) is 2.88. The molecule has 0 aromatic heterocycles. The molecular weight excluding hydrogens is 324 g/mol. The topological polar surface area (TPSA) is 47.9 Å². The maximum absolute atomic E-state index is 9.29. The van der Waals surface area contributed by atoms with Gasteiger partial charge in [0.25, 0.3) is 0 Å². The zero-order valence-electron chi connectivity index (χ0n) is 11.3. The fraction of sp³-hybridized carbons (Fsp3) is 0.600. The minimum absolute atomic E-state index is 0.00331. The zero-order chi connectivity index (χ0) is 14.0. The molecule has 4 nitrogen and oxygen atoms in total. The molecule has 0 radical (unpaired) electrons. The van der Waals surface area contributed by atoms with Crippen molar-refractivity contribution < 1.29 is 19.3 Å². The predicted octanol–water partition coefficient (Wildman–Crippen LogP) is 2.66.